The van der Waals surface area contributed by atoms with E-state index in [-0.39, 0.29) is 11.6 Å². The van der Waals surface area contributed by atoms with Crippen LogP contribution < -0.4 is 0 Å². The monoisotopic (exact) mass is 268 g/mol. The minimum Gasteiger partial charge on any atom is -0.299 e. The largest absolute Gasteiger partial charge is 0.299 e. The van der Waals surface area contributed by atoms with Gasteiger partial charge in [0.15, 0.2) is 0 Å². The third kappa shape index (κ3) is 5.46. The molecule has 0 aliphatic heterocycles. The molecule has 18 heavy (non-hydrogen) atoms. The van der Waals surface area contributed by atoms with E-state index in [2.05, 4.69) is 6.58 Å². The number of Topliss-reactive ketones (excluding diaryl/α,β-unsaturated/α-hetero) is 1. The number of hydrogen-bond acceptors (Lipinski definition) is 1. The van der Waals surface area contributed by atoms with Gasteiger partial charge >= 0.3 is 0 Å². The van der Waals surface area contributed by atoms with Crippen molar-refractivity contribution in [3.8, 4) is 0 Å². The molecule has 0 fully saturated rings. The summed E-state index contributed by atoms with van der Waals surface area (Å²) in [6.45, 7) is 3.65. The maximum atomic E-state index is 12.8. The van der Waals surface area contributed by atoms with E-state index in [9.17, 15) is 9.18 Å². The quantitative estimate of drug-likeness (QED) is 0.492. The molecule has 0 aliphatic rings. The molecule has 98 valence electrons. The molecule has 0 aromatic heterocycles. The van der Waals surface area contributed by atoms with Crippen molar-refractivity contribution in [3.05, 3.63) is 47.3 Å². The molecule has 0 aliphatic carbocycles. The SMILES string of the molecule is C=CCCCCCC(=O)Cc1ccc(F)cc1Cl. The molecule has 0 spiro atoms. The number of rotatable bonds is 8. The number of unbranched alkanes of at least 4 members (excludes halogenated alkanes) is 3. The fourth-order valence-electron chi connectivity index (χ4n) is 1.75. The van der Waals surface area contributed by atoms with Gasteiger partial charge in [-0.3, -0.25) is 4.79 Å². The minimum atomic E-state index is -0.374. The van der Waals surface area contributed by atoms with Crippen molar-refractivity contribution in [1.82, 2.24) is 0 Å². The van der Waals surface area contributed by atoms with Gasteiger partial charge in [-0.1, -0.05) is 30.2 Å². The van der Waals surface area contributed by atoms with Gasteiger partial charge in [0.1, 0.15) is 11.6 Å². The fraction of sp³-hybridized carbons (Fsp3) is 0.400. The van der Waals surface area contributed by atoms with Gasteiger partial charge in [0.2, 0.25) is 0 Å². The van der Waals surface area contributed by atoms with Crippen LogP contribution in [0.15, 0.2) is 30.9 Å². The van der Waals surface area contributed by atoms with Crippen molar-refractivity contribution in [2.45, 2.75) is 38.5 Å². The van der Waals surface area contributed by atoms with Crippen LogP contribution in [-0.4, -0.2) is 5.78 Å². The molecule has 1 aromatic rings. The van der Waals surface area contributed by atoms with Crippen molar-refractivity contribution in [2.75, 3.05) is 0 Å². The zero-order chi connectivity index (χ0) is 13.4. The molecular weight excluding hydrogens is 251 g/mol. The summed E-state index contributed by atoms with van der Waals surface area (Å²) in [7, 11) is 0. The number of benzene rings is 1. The first-order valence-electron chi connectivity index (χ1n) is 6.20. The Kier molecular flexibility index (Phi) is 6.66. The highest BCUT2D eigenvalue weighted by atomic mass is 35.5. The van der Waals surface area contributed by atoms with Crippen molar-refractivity contribution >= 4 is 17.4 Å². The van der Waals surface area contributed by atoms with Crippen LogP contribution in [0.5, 0.6) is 0 Å². The predicted octanol–water partition coefficient (Wildman–Crippen LogP) is 4.73. The van der Waals surface area contributed by atoms with E-state index in [1.54, 1.807) is 6.07 Å². The van der Waals surface area contributed by atoms with Crippen molar-refractivity contribution in [1.29, 1.82) is 0 Å². The number of carbonyl (C=O) groups is 1. The summed E-state index contributed by atoms with van der Waals surface area (Å²) < 4.78 is 12.8. The van der Waals surface area contributed by atoms with E-state index in [0.717, 1.165) is 25.7 Å². The Morgan fingerprint density at radius 2 is 2.11 bits per heavy atom. The Hall–Kier alpha value is -1.15. The van der Waals surface area contributed by atoms with Crippen LogP contribution in [0.2, 0.25) is 5.02 Å². The Labute approximate surface area is 113 Å². The highest BCUT2D eigenvalue weighted by Gasteiger charge is 2.07. The topological polar surface area (TPSA) is 17.1 Å². The molecule has 0 bridgehead atoms. The second kappa shape index (κ2) is 8.04. The molecule has 0 unspecified atom stereocenters. The third-order valence-corrected chi connectivity index (χ3v) is 3.12. The lowest BCUT2D eigenvalue weighted by molar-refractivity contribution is -0.118. The second-order valence-corrected chi connectivity index (χ2v) is 4.75. The number of halogens is 2. The number of hydrogen-bond donors (Lipinski definition) is 0. The second-order valence-electron chi connectivity index (χ2n) is 4.34. The maximum Gasteiger partial charge on any atom is 0.137 e. The number of carbonyl (C=O) groups excluding carboxylic acids is 1. The van der Waals surface area contributed by atoms with Crippen LogP contribution in [-0.2, 0) is 11.2 Å². The Bertz CT molecular complexity index is 415. The normalized spacial score (nSPS) is 10.3. The molecule has 0 radical (unpaired) electrons. The fourth-order valence-corrected chi connectivity index (χ4v) is 1.99. The molecule has 1 aromatic carbocycles. The van der Waals surface area contributed by atoms with Crippen LogP contribution in [0.25, 0.3) is 0 Å². The van der Waals surface area contributed by atoms with Gasteiger partial charge in [-0.15, -0.1) is 6.58 Å². The predicted molar refractivity (Wildman–Crippen MR) is 73.4 cm³/mol. The van der Waals surface area contributed by atoms with Gasteiger partial charge in [0, 0.05) is 17.9 Å². The van der Waals surface area contributed by atoms with E-state index >= 15 is 0 Å². The van der Waals surface area contributed by atoms with E-state index in [0.29, 0.717) is 23.4 Å². The zero-order valence-electron chi connectivity index (χ0n) is 10.4. The number of allylic oxidation sites excluding steroid dienone is 1. The average molecular weight is 269 g/mol. The van der Waals surface area contributed by atoms with Crippen LogP contribution in [0.1, 0.15) is 37.7 Å². The van der Waals surface area contributed by atoms with Crippen LogP contribution in [0.3, 0.4) is 0 Å². The van der Waals surface area contributed by atoms with E-state index < -0.39 is 0 Å². The van der Waals surface area contributed by atoms with Crippen LogP contribution in [0, 0.1) is 5.82 Å². The molecule has 0 saturated heterocycles. The summed E-state index contributed by atoms with van der Waals surface area (Å²) in [4.78, 5) is 11.7. The van der Waals surface area contributed by atoms with Gasteiger partial charge < -0.3 is 0 Å². The smallest absolute Gasteiger partial charge is 0.137 e. The molecular formula is C15H18ClFO. The summed E-state index contributed by atoms with van der Waals surface area (Å²) in [5.41, 5.74) is 0.703. The summed E-state index contributed by atoms with van der Waals surface area (Å²) in [6, 6.07) is 4.15. The van der Waals surface area contributed by atoms with E-state index in [1.807, 2.05) is 6.08 Å². The van der Waals surface area contributed by atoms with Gasteiger partial charge in [-0.05, 0) is 37.0 Å². The molecule has 0 heterocycles. The first-order valence-corrected chi connectivity index (χ1v) is 6.58. The lowest BCUT2D eigenvalue weighted by Gasteiger charge is -2.04. The summed E-state index contributed by atoms with van der Waals surface area (Å²) in [5, 5.41) is 0.329. The maximum absolute atomic E-state index is 12.8. The van der Waals surface area contributed by atoms with Crippen molar-refractivity contribution in [2.24, 2.45) is 0 Å². The summed E-state index contributed by atoms with van der Waals surface area (Å²) in [5.74, 6) is -0.220. The standard InChI is InChI=1S/C15H18ClFO/c1-2-3-4-5-6-7-14(18)10-12-8-9-13(17)11-15(12)16/h2,8-9,11H,1,3-7,10H2. The number of ketones is 1. The van der Waals surface area contributed by atoms with Gasteiger partial charge in [-0.2, -0.15) is 0 Å². The Morgan fingerprint density at radius 1 is 1.33 bits per heavy atom. The highest BCUT2D eigenvalue weighted by Crippen LogP contribution is 2.18. The molecule has 0 atom stereocenters. The first-order chi connectivity index (χ1) is 8.63. The molecule has 0 N–H and O–H groups in total. The summed E-state index contributed by atoms with van der Waals surface area (Å²) >= 11 is 5.87. The molecule has 3 heteroatoms. The zero-order valence-corrected chi connectivity index (χ0v) is 11.2. The van der Waals surface area contributed by atoms with Gasteiger partial charge in [0.05, 0.1) is 0 Å². The van der Waals surface area contributed by atoms with E-state index in [4.69, 9.17) is 11.6 Å². The highest BCUT2D eigenvalue weighted by molar-refractivity contribution is 6.31. The minimum absolute atomic E-state index is 0.155. The van der Waals surface area contributed by atoms with Crippen LogP contribution in [0.4, 0.5) is 4.39 Å². The van der Waals surface area contributed by atoms with Crippen molar-refractivity contribution < 1.29 is 9.18 Å². The molecule has 0 amide bonds. The van der Waals surface area contributed by atoms with Gasteiger partial charge in [0.25, 0.3) is 0 Å². The van der Waals surface area contributed by atoms with Gasteiger partial charge in [-0.25, -0.2) is 4.39 Å². The lowest BCUT2D eigenvalue weighted by Crippen LogP contribution is -2.03. The third-order valence-electron chi connectivity index (χ3n) is 2.77. The molecule has 1 nitrogen and oxygen atoms in total. The Balaban J connectivity index is 2.33. The van der Waals surface area contributed by atoms with E-state index in [1.165, 1.54) is 12.1 Å². The molecule has 1 rings (SSSR count). The first kappa shape index (κ1) is 14.9. The average Bonchev–Trinajstić information content (AvgIpc) is 2.32. The Morgan fingerprint density at radius 3 is 2.78 bits per heavy atom. The lowest BCUT2D eigenvalue weighted by atomic mass is 10.0. The van der Waals surface area contributed by atoms with Crippen molar-refractivity contribution in [3.63, 3.8) is 0 Å². The summed E-state index contributed by atoms with van der Waals surface area (Å²) in [6.07, 6.45) is 6.75. The molecule has 0 saturated carbocycles. The van der Waals surface area contributed by atoms with Crippen LogP contribution >= 0.6 is 11.6 Å².